The second kappa shape index (κ2) is 8.15. The predicted molar refractivity (Wildman–Crippen MR) is 86.2 cm³/mol. The fourth-order valence-corrected chi connectivity index (χ4v) is 2.64. The topological polar surface area (TPSA) is 35.6 Å². The Morgan fingerprint density at radius 1 is 1.24 bits per heavy atom. The summed E-state index contributed by atoms with van der Waals surface area (Å²) in [4.78, 5) is 16.8. The maximum atomic E-state index is 12.5. The number of aryl methyl sites for hydroxylation is 1. The zero-order chi connectivity index (χ0) is 15.1. The van der Waals surface area contributed by atoms with Crippen molar-refractivity contribution >= 4 is 5.91 Å². The van der Waals surface area contributed by atoms with E-state index in [0.29, 0.717) is 6.54 Å². The molecule has 0 aromatic heterocycles. The molecule has 1 N–H and O–H groups in total. The van der Waals surface area contributed by atoms with E-state index < -0.39 is 0 Å². The Labute approximate surface area is 128 Å². The summed E-state index contributed by atoms with van der Waals surface area (Å²) in [6.45, 7) is 10.2. The molecule has 4 heteroatoms. The third-order valence-electron chi connectivity index (χ3n) is 3.91. The highest BCUT2D eigenvalue weighted by atomic mass is 16.2. The molecule has 1 aliphatic rings. The van der Waals surface area contributed by atoms with Gasteiger partial charge in [-0.25, -0.2) is 0 Å². The van der Waals surface area contributed by atoms with Crippen molar-refractivity contribution in [2.24, 2.45) is 0 Å². The van der Waals surface area contributed by atoms with Crippen molar-refractivity contribution < 1.29 is 4.79 Å². The third-order valence-corrected chi connectivity index (χ3v) is 3.91. The summed E-state index contributed by atoms with van der Waals surface area (Å²) in [5, 5.41) is 3.32. The summed E-state index contributed by atoms with van der Waals surface area (Å²) in [5.74, 6) is 0.249. The fraction of sp³-hybridized carbons (Fsp3) is 0.588. The van der Waals surface area contributed by atoms with E-state index in [1.54, 1.807) is 0 Å². The van der Waals surface area contributed by atoms with Gasteiger partial charge in [0.1, 0.15) is 0 Å². The van der Waals surface area contributed by atoms with Gasteiger partial charge in [0.25, 0.3) is 0 Å². The minimum absolute atomic E-state index is 0.249. The average Bonchev–Trinajstić information content (AvgIpc) is 2.50. The first-order valence-corrected chi connectivity index (χ1v) is 7.95. The Balaban J connectivity index is 1.93. The van der Waals surface area contributed by atoms with Crippen molar-refractivity contribution in [3.63, 3.8) is 0 Å². The Kier molecular flexibility index (Phi) is 6.21. The van der Waals surface area contributed by atoms with Gasteiger partial charge in [0.15, 0.2) is 0 Å². The maximum absolute atomic E-state index is 12.5. The van der Waals surface area contributed by atoms with Crippen LogP contribution in [0.1, 0.15) is 24.5 Å². The summed E-state index contributed by atoms with van der Waals surface area (Å²) in [6, 6.07) is 8.46. The number of benzene rings is 1. The molecule has 1 amide bonds. The second-order valence-electron chi connectivity index (χ2n) is 5.83. The Hall–Kier alpha value is -1.39. The van der Waals surface area contributed by atoms with E-state index in [1.807, 2.05) is 4.90 Å². The molecule has 0 spiro atoms. The molecule has 1 aromatic rings. The molecule has 1 heterocycles. The number of piperazine rings is 1. The molecular formula is C17H27N3O. The summed E-state index contributed by atoms with van der Waals surface area (Å²) >= 11 is 0. The van der Waals surface area contributed by atoms with Crippen LogP contribution in [0.5, 0.6) is 0 Å². The molecule has 2 rings (SSSR count). The molecule has 0 atom stereocenters. The van der Waals surface area contributed by atoms with Crippen LogP contribution in [0.15, 0.2) is 24.3 Å². The first-order chi connectivity index (χ1) is 10.2. The molecule has 0 aliphatic carbocycles. The minimum atomic E-state index is 0.249. The normalized spacial score (nSPS) is 15.9. The van der Waals surface area contributed by atoms with Crippen LogP contribution in [0.3, 0.4) is 0 Å². The van der Waals surface area contributed by atoms with E-state index in [0.717, 1.165) is 45.7 Å². The highest BCUT2D eigenvalue weighted by Gasteiger charge is 2.18. The van der Waals surface area contributed by atoms with Crippen molar-refractivity contribution in [2.45, 2.75) is 26.8 Å². The van der Waals surface area contributed by atoms with E-state index in [4.69, 9.17) is 0 Å². The number of hydrogen-bond acceptors (Lipinski definition) is 3. The van der Waals surface area contributed by atoms with Crippen molar-refractivity contribution in [3.05, 3.63) is 35.4 Å². The van der Waals surface area contributed by atoms with E-state index in [9.17, 15) is 4.79 Å². The zero-order valence-electron chi connectivity index (χ0n) is 13.3. The SMILES string of the molecule is CCCN(Cc1ccc(C)cc1)C(=O)CN1CCNCC1. The van der Waals surface area contributed by atoms with E-state index in [-0.39, 0.29) is 5.91 Å². The number of amides is 1. The molecule has 116 valence electrons. The summed E-state index contributed by atoms with van der Waals surface area (Å²) < 4.78 is 0. The molecule has 0 radical (unpaired) electrons. The van der Waals surface area contributed by atoms with Gasteiger partial charge in [-0.3, -0.25) is 9.69 Å². The molecule has 0 bridgehead atoms. The first kappa shape index (κ1) is 16.0. The number of carbonyl (C=O) groups is 1. The van der Waals surface area contributed by atoms with Crippen LogP contribution in [0.4, 0.5) is 0 Å². The van der Waals surface area contributed by atoms with Crippen molar-refractivity contribution in [1.29, 1.82) is 0 Å². The van der Waals surface area contributed by atoms with Gasteiger partial charge >= 0.3 is 0 Å². The first-order valence-electron chi connectivity index (χ1n) is 7.95. The van der Waals surface area contributed by atoms with Gasteiger partial charge in [-0.1, -0.05) is 36.8 Å². The lowest BCUT2D eigenvalue weighted by molar-refractivity contribution is -0.133. The van der Waals surface area contributed by atoms with Gasteiger partial charge in [0.05, 0.1) is 6.54 Å². The zero-order valence-corrected chi connectivity index (χ0v) is 13.3. The molecule has 1 fully saturated rings. The van der Waals surface area contributed by atoms with Gasteiger partial charge in [-0.15, -0.1) is 0 Å². The van der Waals surface area contributed by atoms with E-state index in [1.165, 1.54) is 11.1 Å². The van der Waals surface area contributed by atoms with Gasteiger partial charge in [0, 0.05) is 39.3 Å². The van der Waals surface area contributed by atoms with Crippen LogP contribution in [0, 0.1) is 6.92 Å². The van der Waals surface area contributed by atoms with Gasteiger partial charge in [-0.05, 0) is 18.9 Å². The fourth-order valence-electron chi connectivity index (χ4n) is 2.64. The smallest absolute Gasteiger partial charge is 0.237 e. The number of nitrogens with zero attached hydrogens (tertiary/aromatic N) is 2. The summed E-state index contributed by atoms with van der Waals surface area (Å²) in [5.41, 5.74) is 2.47. The largest absolute Gasteiger partial charge is 0.337 e. The number of hydrogen-bond donors (Lipinski definition) is 1. The number of carbonyl (C=O) groups excluding carboxylic acids is 1. The predicted octanol–water partition coefficient (Wildman–Crippen LogP) is 1.64. The van der Waals surface area contributed by atoms with Crippen molar-refractivity contribution in [3.8, 4) is 0 Å². The standard InChI is InChI=1S/C17H27N3O/c1-3-10-20(13-16-6-4-15(2)5-7-16)17(21)14-19-11-8-18-9-12-19/h4-7,18H,3,8-14H2,1-2H3. The van der Waals surface area contributed by atoms with Crippen LogP contribution in [0.2, 0.25) is 0 Å². The third kappa shape index (κ3) is 5.14. The van der Waals surface area contributed by atoms with Gasteiger partial charge < -0.3 is 10.2 Å². The highest BCUT2D eigenvalue weighted by molar-refractivity contribution is 5.78. The number of nitrogens with one attached hydrogen (secondary N) is 1. The molecule has 4 nitrogen and oxygen atoms in total. The highest BCUT2D eigenvalue weighted by Crippen LogP contribution is 2.08. The molecular weight excluding hydrogens is 262 g/mol. The quantitative estimate of drug-likeness (QED) is 0.865. The molecule has 1 aliphatic heterocycles. The number of rotatable bonds is 6. The van der Waals surface area contributed by atoms with Gasteiger partial charge in [0.2, 0.25) is 5.91 Å². The summed E-state index contributed by atoms with van der Waals surface area (Å²) in [7, 11) is 0. The molecule has 0 saturated carbocycles. The van der Waals surface area contributed by atoms with Crippen LogP contribution in [-0.2, 0) is 11.3 Å². The van der Waals surface area contributed by atoms with Crippen molar-refractivity contribution in [1.82, 2.24) is 15.1 Å². The molecule has 0 unspecified atom stereocenters. The van der Waals surface area contributed by atoms with Crippen LogP contribution < -0.4 is 5.32 Å². The van der Waals surface area contributed by atoms with E-state index >= 15 is 0 Å². The Morgan fingerprint density at radius 3 is 2.52 bits per heavy atom. The lowest BCUT2D eigenvalue weighted by Gasteiger charge is -2.30. The van der Waals surface area contributed by atoms with E-state index in [2.05, 4.69) is 48.3 Å². The van der Waals surface area contributed by atoms with Crippen LogP contribution in [-0.4, -0.2) is 55.0 Å². The van der Waals surface area contributed by atoms with Gasteiger partial charge in [-0.2, -0.15) is 0 Å². The molecule has 21 heavy (non-hydrogen) atoms. The van der Waals surface area contributed by atoms with Crippen LogP contribution in [0.25, 0.3) is 0 Å². The lowest BCUT2D eigenvalue weighted by atomic mass is 10.1. The molecule has 1 saturated heterocycles. The minimum Gasteiger partial charge on any atom is -0.337 e. The Morgan fingerprint density at radius 2 is 1.90 bits per heavy atom. The van der Waals surface area contributed by atoms with Crippen molar-refractivity contribution in [2.75, 3.05) is 39.3 Å². The maximum Gasteiger partial charge on any atom is 0.237 e. The summed E-state index contributed by atoms with van der Waals surface area (Å²) in [6.07, 6.45) is 0.999. The monoisotopic (exact) mass is 289 g/mol. The molecule has 1 aromatic carbocycles. The lowest BCUT2D eigenvalue weighted by Crippen LogP contribution is -2.48. The average molecular weight is 289 g/mol. The second-order valence-corrected chi connectivity index (χ2v) is 5.83. The Bertz CT molecular complexity index is 438. The van der Waals surface area contributed by atoms with Crippen LogP contribution >= 0.6 is 0 Å².